The minimum absolute atomic E-state index is 0.0259. The monoisotopic (exact) mass is 516 g/mol. The van der Waals surface area contributed by atoms with E-state index in [-0.39, 0.29) is 30.0 Å². The Bertz CT molecular complexity index is 491. The van der Waals surface area contributed by atoms with Gasteiger partial charge in [-0.25, -0.2) is 0 Å². The number of rotatable bonds is 8. The topological polar surface area (TPSA) is 145 Å². The number of carbonyl (C=O) groups excluding carboxylic acids is 1. The molecule has 0 bridgehead atoms. The Labute approximate surface area is 177 Å². The van der Waals surface area contributed by atoms with E-state index in [9.17, 15) is 24.6 Å². The van der Waals surface area contributed by atoms with Crippen LogP contribution in [0.1, 0.15) is 0 Å². The lowest BCUT2D eigenvalue weighted by Crippen LogP contribution is -2.49. The van der Waals surface area contributed by atoms with E-state index in [2.05, 4.69) is 0 Å². The summed E-state index contributed by atoms with van der Waals surface area (Å²) in [5, 5.41) is 36.9. The number of hydrogen-bond donors (Lipinski definition) is 4. The van der Waals surface area contributed by atoms with E-state index >= 15 is 0 Å². The van der Waals surface area contributed by atoms with Gasteiger partial charge in [0.15, 0.2) is 6.29 Å². The number of aliphatic carboxylic acids is 2. The normalized spacial score (nSPS) is 19.9. The lowest BCUT2D eigenvalue weighted by molar-refractivity contribution is -0.140. The van der Waals surface area contributed by atoms with Gasteiger partial charge in [-0.15, -0.1) is 0 Å². The molecule has 162 valence electrons. The average molecular weight is 516 g/mol. The van der Waals surface area contributed by atoms with Gasteiger partial charge in [0.05, 0.1) is 19.6 Å². The minimum atomic E-state index is -1.51. The molecule has 4 N–H and O–H groups in total. The van der Waals surface area contributed by atoms with Crippen molar-refractivity contribution in [2.24, 2.45) is 0 Å². The van der Waals surface area contributed by atoms with Crippen molar-refractivity contribution in [3.05, 3.63) is 0 Å². The predicted octanol–water partition coefficient (Wildman–Crippen LogP) is -2.35. The molecule has 0 radical (unpaired) electrons. The van der Waals surface area contributed by atoms with Gasteiger partial charge in [-0.3, -0.25) is 34.0 Å². The zero-order chi connectivity index (χ0) is 21.1. The van der Waals surface area contributed by atoms with E-state index in [0.29, 0.717) is 52.4 Å². The van der Waals surface area contributed by atoms with Crippen molar-refractivity contribution in [3.8, 4) is 0 Å². The molecule has 0 aromatic carbocycles. The van der Waals surface area contributed by atoms with Crippen LogP contribution in [0.25, 0.3) is 0 Å². The molecule has 12 heteroatoms. The highest BCUT2D eigenvalue weighted by Crippen LogP contribution is 2.03. The Morgan fingerprint density at radius 3 is 1.29 bits per heavy atom. The molecule has 0 saturated carbocycles. The summed E-state index contributed by atoms with van der Waals surface area (Å²) >= 11 is 1.72. The first kappa shape index (κ1) is 25.1. The van der Waals surface area contributed by atoms with Crippen LogP contribution in [0.2, 0.25) is 0 Å². The number of halogens is 1. The Kier molecular flexibility index (Phi) is 12.0. The minimum Gasteiger partial charge on any atom is -0.480 e. The largest absolute Gasteiger partial charge is 0.480 e. The van der Waals surface area contributed by atoms with Crippen LogP contribution in [0.5, 0.6) is 0 Å². The van der Waals surface area contributed by atoms with E-state index < -0.39 is 18.2 Å². The molecule has 0 amide bonds. The Balaban J connectivity index is 2.89. The van der Waals surface area contributed by atoms with Crippen LogP contribution in [0, 0.1) is 0 Å². The number of hydrogen-bond acceptors (Lipinski definition) is 9. The van der Waals surface area contributed by atoms with Gasteiger partial charge in [0, 0.05) is 81.5 Å². The van der Waals surface area contributed by atoms with Gasteiger partial charge in [0.25, 0.3) is 0 Å². The first-order valence-corrected chi connectivity index (χ1v) is 10.1. The van der Waals surface area contributed by atoms with Gasteiger partial charge >= 0.3 is 11.9 Å². The molecule has 0 atom stereocenters. The van der Waals surface area contributed by atoms with Crippen LogP contribution < -0.4 is 0 Å². The van der Waals surface area contributed by atoms with Gasteiger partial charge in [0.2, 0.25) is 3.79 Å². The lowest BCUT2D eigenvalue weighted by Gasteiger charge is -2.33. The van der Waals surface area contributed by atoms with Gasteiger partial charge in [0.1, 0.15) is 0 Å². The smallest absolute Gasteiger partial charge is 0.317 e. The molecule has 1 saturated heterocycles. The maximum atomic E-state index is 11.5. The van der Waals surface area contributed by atoms with Crippen molar-refractivity contribution in [2.45, 2.75) is 6.29 Å². The van der Waals surface area contributed by atoms with Crippen molar-refractivity contribution in [1.29, 1.82) is 0 Å². The number of aliphatic hydroxyl groups is 2. The van der Waals surface area contributed by atoms with Crippen LogP contribution in [-0.4, -0.2) is 141 Å². The molecule has 1 fully saturated rings. The summed E-state index contributed by atoms with van der Waals surface area (Å²) in [6.45, 7) is 3.39. The maximum Gasteiger partial charge on any atom is 0.317 e. The van der Waals surface area contributed by atoms with Crippen LogP contribution in [0.3, 0.4) is 0 Å². The summed E-state index contributed by atoms with van der Waals surface area (Å²) in [5.41, 5.74) is 0. The SMILES string of the molecule is O=C(O)CN1CCN(CC(=O)O)CCN(CC(O)O)CCN(CC(=O)I)CC1. The van der Waals surface area contributed by atoms with E-state index in [1.54, 1.807) is 32.4 Å². The van der Waals surface area contributed by atoms with E-state index in [1.807, 2.05) is 9.80 Å². The molecular weight excluding hydrogens is 487 g/mol. The van der Waals surface area contributed by atoms with Crippen molar-refractivity contribution in [3.63, 3.8) is 0 Å². The average Bonchev–Trinajstić information content (AvgIpc) is 2.55. The third-order valence-electron chi connectivity index (χ3n) is 4.42. The number of carboxylic acid groups (broad SMARTS) is 2. The fraction of sp³-hybridized carbons (Fsp3) is 0.812. The molecule has 1 heterocycles. The number of nitrogens with zero attached hydrogens (tertiary/aromatic N) is 4. The summed E-state index contributed by atoms with van der Waals surface area (Å²) in [5.74, 6) is -1.94. The quantitative estimate of drug-likeness (QED) is 0.156. The molecule has 0 aromatic rings. The Hall–Kier alpha value is -0.900. The molecule has 0 aromatic heterocycles. The summed E-state index contributed by atoms with van der Waals surface area (Å²) in [6, 6.07) is 0. The first-order valence-electron chi connectivity index (χ1n) is 9.03. The van der Waals surface area contributed by atoms with E-state index in [4.69, 9.17) is 10.2 Å². The number of carboxylic acids is 2. The maximum absolute atomic E-state index is 11.5. The molecule has 1 rings (SSSR count). The highest BCUT2D eigenvalue weighted by molar-refractivity contribution is 14.1. The van der Waals surface area contributed by atoms with E-state index in [1.165, 1.54) is 0 Å². The second-order valence-electron chi connectivity index (χ2n) is 6.75. The van der Waals surface area contributed by atoms with Crippen LogP contribution in [-0.2, 0) is 14.4 Å². The number of β-amino-alcohol motifs (C(OH)–C–C–N with tert-alkyl or cyclic N) is 2. The second kappa shape index (κ2) is 13.3. The van der Waals surface area contributed by atoms with Crippen molar-refractivity contribution >= 4 is 38.3 Å². The standard InChI is InChI=1S/C16H29IN4O7/c17-13(22)9-18-1-3-19(10-14(23)24)5-7-21(12-16(27)28)8-6-20(4-2-18)11-15(25)26/h14,23-24H,1-12H2,(H,25,26)(H,27,28). The third-order valence-corrected chi connectivity index (χ3v) is 4.76. The summed E-state index contributed by atoms with van der Waals surface area (Å²) in [7, 11) is 0. The summed E-state index contributed by atoms with van der Waals surface area (Å²) < 4.78 is -0.0316. The van der Waals surface area contributed by atoms with Gasteiger partial charge in [-0.2, -0.15) is 0 Å². The highest BCUT2D eigenvalue weighted by atomic mass is 127. The third kappa shape index (κ3) is 11.8. The van der Waals surface area contributed by atoms with Crippen molar-refractivity contribution < 1.29 is 34.8 Å². The number of carbonyl (C=O) groups is 3. The molecular formula is C16H29IN4O7. The molecule has 11 nitrogen and oxygen atoms in total. The fourth-order valence-electron chi connectivity index (χ4n) is 3.02. The van der Waals surface area contributed by atoms with Crippen LogP contribution >= 0.6 is 22.6 Å². The summed E-state index contributed by atoms with van der Waals surface area (Å²) in [6.07, 6.45) is -1.51. The predicted molar refractivity (Wildman–Crippen MR) is 108 cm³/mol. The lowest BCUT2D eigenvalue weighted by atomic mass is 10.3. The van der Waals surface area contributed by atoms with Gasteiger partial charge in [-0.05, 0) is 0 Å². The molecule has 0 aliphatic carbocycles. The van der Waals surface area contributed by atoms with Gasteiger partial charge in [-0.1, -0.05) is 0 Å². The van der Waals surface area contributed by atoms with Crippen LogP contribution in [0.15, 0.2) is 0 Å². The van der Waals surface area contributed by atoms with Crippen molar-refractivity contribution in [2.75, 3.05) is 78.5 Å². The Morgan fingerprint density at radius 1 is 0.679 bits per heavy atom. The molecule has 0 spiro atoms. The highest BCUT2D eigenvalue weighted by Gasteiger charge is 2.20. The van der Waals surface area contributed by atoms with E-state index in [0.717, 1.165) is 0 Å². The Morgan fingerprint density at radius 2 is 1.00 bits per heavy atom. The van der Waals surface area contributed by atoms with Crippen LogP contribution in [0.4, 0.5) is 0 Å². The molecule has 1 aliphatic heterocycles. The first-order chi connectivity index (χ1) is 13.2. The molecule has 28 heavy (non-hydrogen) atoms. The molecule has 0 unspecified atom stereocenters. The fourth-order valence-corrected chi connectivity index (χ4v) is 3.51. The zero-order valence-electron chi connectivity index (χ0n) is 15.7. The number of aliphatic hydroxyl groups excluding tert-OH is 1. The molecule has 1 aliphatic rings. The van der Waals surface area contributed by atoms with Gasteiger partial charge < -0.3 is 20.4 Å². The summed E-state index contributed by atoms with van der Waals surface area (Å²) in [4.78, 5) is 41.0. The second-order valence-corrected chi connectivity index (χ2v) is 7.96. The van der Waals surface area contributed by atoms with Crippen molar-refractivity contribution in [1.82, 2.24) is 19.6 Å². The zero-order valence-corrected chi connectivity index (χ0v) is 17.9.